The first kappa shape index (κ1) is 16.4. The third-order valence-electron chi connectivity index (χ3n) is 3.39. The Morgan fingerprint density at radius 2 is 2.05 bits per heavy atom. The average Bonchev–Trinajstić information content (AvgIpc) is 2.98. The summed E-state index contributed by atoms with van der Waals surface area (Å²) in [5.74, 6) is 0.521. The van der Waals surface area contributed by atoms with E-state index in [-0.39, 0.29) is 0 Å². The highest BCUT2D eigenvalue weighted by Gasteiger charge is 2.03. The van der Waals surface area contributed by atoms with Crippen molar-refractivity contribution in [3.63, 3.8) is 0 Å². The molecule has 0 fully saturated rings. The minimum Gasteiger partial charge on any atom is -0.306 e. The van der Waals surface area contributed by atoms with E-state index in [0.29, 0.717) is 5.88 Å². The van der Waals surface area contributed by atoms with E-state index in [2.05, 4.69) is 33.4 Å². The number of hydrogen-bond donors (Lipinski definition) is 0. The average molecular weight is 324 g/mol. The van der Waals surface area contributed by atoms with Crippen LogP contribution in [0, 0.1) is 0 Å². The van der Waals surface area contributed by atoms with Gasteiger partial charge in [-0.3, -0.25) is 4.98 Å². The standard InChI is InChI=1S/C16H22ClN3S/c1-20(11-8-14-6-2-4-9-18-14)10-5-3-7-16-19-15(12-17)13-21-16/h2,4,6,9,13H,3,5,7-8,10-12H2,1H3. The number of likely N-dealkylation sites (N-methyl/N-ethyl adjacent to an activating group) is 1. The molecule has 0 aliphatic rings. The summed E-state index contributed by atoms with van der Waals surface area (Å²) in [4.78, 5) is 11.2. The molecule has 0 aromatic carbocycles. The van der Waals surface area contributed by atoms with Gasteiger partial charge in [-0.15, -0.1) is 22.9 Å². The second-order valence-corrected chi connectivity index (χ2v) is 6.41. The highest BCUT2D eigenvalue weighted by Crippen LogP contribution is 2.14. The summed E-state index contributed by atoms with van der Waals surface area (Å²) in [6.07, 6.45) is 6.33. The Labute approximate surface area is 136 Å². The van der Waals surface area contributed by atoms with Gasteiger partial charge in [-0.25, -0.2) is 4.98 Å². The smallest absolute Gasteiger partial charge is 0.0928 e. The minimum atomic E-state index is 0.521. The van der Waals surface area contributed by atoms with E-state index in [1.165, 1.54) is 23.5 Å². The van der Waals surface area contributed by atoms with E-state index >= 15 is 0 Å². The van der Waals surface area contributed by atoms with Crippen molar-refractivity contribution in [2.24, 2.45) is 0 Å². The zero-order chi connectivity index (χ0) is 14.9. The first-order valence-electron chi connectivity index (χ1n) is 7.35. The van der Waals surface area contributed by atoms with Crippen molar-refractivity contribution in [2.45, 2.75) is 31.6 Å². The summed E-state index contributed by atoms with van der Waals surface area (Å²) in [6, 6.07) is 6.09. The molecule has 0 unspecified atom stereocenters. The maximum Gasteiger partial charge on any atom is 0.0928 e. The van der Waals surface area contributed by atoms with Gasteiger partial charge in [0.2, 0.25) is 0 Å². The number of pyridine rings is 1. The number of aryl methyl sites for hydroxylation is 1. The van der Waals surface area contributed by atoms with Gasteiger partial charge >= 0.3 is 0 Å². The fourth-order valence-electron chi connectivity index (χ4n) is 2.15. The molecule has 3 nitrogen and oxygen atoms in total. The first-order chi connectivity index (χ1) is 10.3. The lowest BCUT2D eigenvalue weighted by molar-refractivity contribution is 0.329. The molecule has 0 radical (unpaired) electrons. The van der Waals surface area contributed by atoms with Crippen molar-refractivity contribution >= 4 is 22.9 Å². The zero-order valence-electron chi connectivity index (χ0n) is 12.5. The summed E-state index contributed by atoms with van der Waals surface area (Å²) in [5.41, 5.74) is 2.17. The van der Waals surface area contributed by atoms with Crippen LogP contribution in [0.25, 0.3) is 0 Å². The molecule has 114 valence electrons. The Morgan fingerprint density at radius 1 is 1.14 bits per heavy atom. The number of unbranched alkanes of at least 4 members (excludes halogenated alkanes) is 1. The molecule has 0 atom stereocenters. The van der Waals surface area contributed by atoms with Crippen LogP contribution in [0.15, 0.2) is 29.8 Å². The molecule has 0 aliphatic heterocycles. The quantitative estimate of drug-likeness (QED) is 0.519. The molecular weight excluding hydrogens is 302 g/mol. The van der Waals surface area contributed by atoms with Crippen molar-refractivity contribution in [2.75, 3.05) is 20.1 Å². The number of alkyl halides is 1. The van der Waals surface area contributed by atoms with E-state index in [0.717, 1.165) is 31.6 Å². The van der Waals surface area contributed by atoms with Gasteiger partial charge in [0.05, 0.1) is 16.6 Å². The Hall–Kier alpha value is -0.970. The summed E-state index contributed by atoms with van der Waals surface area (Å²) >= 11 is 7.48. The molecule has 0 bridgehead atoms. The number of nitrogens with zero attached hydrogens (tertiary/aromatic N) is 3. The molecule has 5 heteroatoms. The highest BCUT2D eigenvalue weighted by atomic mass is 35.5. The second kappa shape index (κ2) is 9.13. The van der Waals surface area contributed by atoms with Crippen LogP contribution in [0.1, 0.15) is 29.2 Å². The Kier molecular flexibility index (Phi) is 7.13. The van der Waals surface area contributed by atoms with Crippen LogP contribution < -0.4 is 0 Å². The highest BCUT2D eigenvalue weighted by molar-refractivity contribution is 7.09. The molecule has 0 saturated carbocycles. The van der Waals surface area contributed by atoms with Crippen LogP contribution >= 0.6 is 22.9 Å². The topological polar surface area (TPSA) is 29.0 Å². The molecule has 2 heterocycles. The Bertz CT molecular complexity index is 515. The summed E-state index contributed by atoms with van der Waals surface area (Å²) < 4.78 is 0. The van der Waals surface area contributed by atoms with Gasteiger partial charge in [0, 0.05) is 30.2 Å². The molecule has 2 aromatic rings. The maximum absolute atomic E-state index is 5.76. The van der Waals surface area contributed by atoms with Crippen molar-refractivity contribution < 1.29 is 0 Å². The maximum atomic E-state index is 5.76. The molecule has 2 rings (SSSR count). The Morgan fingerprint density at radius 3 is 2.76 bits per heavy atom. The predicted molar refractivity (Wildman–Crippen MR) is 90.0 cm³/mol. The minimum absolute atomic E-state index is 0.521. The molecule has 0 spiro atoms. The van der Waals surface area contributed by atoms with E-state index in [1.807, 2.05) is 18.3 Å². The lowest BCUT2D eigenvalue weighted by Gasteiger charge is -2.15. The zero-order valence-corrected chi connectivity index (χ0v) is 14.0. The molecule has 0 saturated heterocycles. The van der Waals surface area contributed by atoms with E-state index in [1.54, 1.807) is 11.3 Å². The SMILES string of the molecule is CN(CCCCc1nc(CCl)cs1)CCc1ccccn1. The normalized spacial score (nSPS) is 11.2. The second-order valence-electron chi connectivity index (χ2n) is 5.20. The van der Waals surface area contributed by atoms with Gasteiger partial charge in [0.1, 0.15) is 0 Å². The van der Waals surface area contributed by atoms with E-state index < -0.39 is 0 Å². The molecule has 0 amide bonds. The van der Waals surface area contributed by atoms with Crippen molar-refractivity contribution in [3.8, 4) is 0 Å². The number of thiazole rings is 1. The van der Waals surface area contributed by atoms with Crippen LogP contribution in [-0.2, 0) is 18.7 Å². The Balaban J connectivity index is 1.57. The lowest BCUT2D eigenvalue weighted by Crippen LogP contribution is -2.22. The number of halogens is 1. The first-order valence-corrected chi connectivity index (χ1v) is 8.77. The van der Waals surface area contributed by atoms with Crippen molar-refractivity contribution in [1.29, 1.82) is 0 Å². The van der Waals surface area contributed by atoms with Gasteiger partial charge in [0.25, 0.3) is 0 Å². The molecule has 21 heavy (non-hydrogen) atoms. The largest absolute Gasteiger partial charge is 0.306 e. The molecule has 2 aromatic heterocycles. The third-order valence-corrected chi connectivity index (χ3v) is 4.62. The van der Waals surface area contributed by atoms with Gasteiger partial charge in [0.15, 0.2) is 0 Å². The van der Waals surface area contributed by atoms with Crippen LogP contribution in [-0.4, -0.2) is 35.0 Å². The van der Waals surface area contributed by atoms with Crippen LogP contribution in [0.3, 0.4) is 0 Å². The predicted octanol–water partition coefficient (Wildman–Crippen LogP) is 3.77. The molecule has 0 aliphatic carbocycles. The third kappa shape index (κ3) is 6.12. The monoisotopic (exact) mass is 323 g/mol. The van der Waals surface area contributed by atoms with Gasteiger partial charge in [-0.2, -0.15) is 0 Å². The number of aromatic nitrogens is 2. The van der Waals surface area contributed by atoms with Crippen LogP contribution in [0.4, 0.5) is 0 Å². The molecular formula is C16H22ClN3S. The fourth-order valence-corrected chi connectivity index (χ4v) is 3.21. The van der Waals surface area contributed by atoms with Crippen LogP contribution in [0.2, 0.25) is 0 Å². The van der Waals surface area contributed by atoms with E-state index in [4.69, 9.17) is 11.6 Å². The van der Waals surface area contributed by atoms with Gasteiger partial charge < -0.3 is 4.90 Å². The van der Waals surface area contributed by atoms with Crippen molar-refractivity contribution in [3.05, 3.63) is 46.2 Å². The lowest BCUT2D eigenvalue weighted by atomic mass is 10.2. The number of rotatable bonds is 9. The summed E-state index contributed by atoms with van der Waals surface area (Å²) in [6.45, 7) is 2.19. The van der Waals surface area contributed by atoms with Gasteiger partial charge in [-0.05, 0) is 45.0 Å². The number of hydrogen-bond acceptors (Lipinski definition) is 4. The van der Waals surface area contributed by atoms with Crippen molar-refractivity contribution in [1.82, 2.24) is 14.9 Å². The summed E-state index contributed by atoms with van der Waals surface area (Å²) in [5, 5.41) is 3.27. The van der Waals surface area contributed by atoms with E-state index in [9.17, 15) is 0 Å². The fraction of sp³-hybridized carbons (Fsp3) is 0.500. The van der Waals surface area contributed by atoms with Gasteiger partial charge in [-0.1, -0.05) is 6.07 Å². The van der Waals surface area contributed by atoms with Crippen LogP contribution in [0.5, 0.6) is 0 Å². The molecule has 0 N–H and O–H groups in total. The summed E-state index contributed by atoms with van der Waals surface area (Å²) in [7, 11) is 2.18.